The third-order valence-corrected chi connectivity index (χ3v) is 5.88. The van der Waals surface area contributed by atoms with Crippen molar-refractivity contribution in [3.05, 3.63) is 16.3 Å². The number of carbonyl (C=O) groups is 1. The second kappa shape index (κ2) is 5.81. The molecule has 7 heteroatoms. The Morgan fingerprint density at radius 2 is 2.00 bits per heavy atom. The highest BCUT2D eigenvalue weighted by atomic mass is 32.2. The Morgan fingerprint density at radius 1 is 1.44 bits per heavy atom. The van der Waals surface area contributed by atoms with E-state index >= 15 is 0 Å². The Kier molecular flexibility index (Phi) is 4.89. The summed E-state index contributed by atoms with van der Waals surface area (Å²) in [6, 6.07) is 1.14. The van der Waals surface area contributed by atoms with E-state index in [0.29, 0.717) is 0 Å². The van der Waals surface area contributed by atoms with E-state index < -0.39 is 16.0 Å². The first-order chi connectivity index (χ1) is 8.34. The fraction of sp³-hybridized carbons (Fsp3) is 0.545. The molecule has 0 fully saturated rings. The molecule has 5 nitrogen and oxygen atoms in total. The predicted octanol–water partition coefficient (Wildman–Crippen LogP) is 2.26. The van der Waals surface area contributed by atoms with Crippen LogP contribution in [0.15, 0.2) is 16.3 Å². The minimum absolute atomic E-state index is 0.0338. The van der Waals surface area contributed by atoms with E-state index in [0.717, 1.165) is 24.2 Å². The summed E-state index contributed by atoms with van der Waals surface area (Å²) in [5.41, 5.74) is 0. The lowest BCUT2D eigenvalue weighted by Gasteiger charge is -2.24. The van der Waals surface area contributed by atoms with Crippen molar-refractivity contribution in [2.45, 2.75) is 37.6 Å². The molecule has 0 radical (unpaired) electrons. The highest BCUT2D eigenvalue weighted by Gasteiger charge is 2.27. The molecule has 0 aliphatic rings. The maximum Gasteiger partial charge on any atom is 0.345 e. The highest BCUT2D eigenvalue weighted by molar-refractivity contribution is 7.89. The number of hydrogen-bond donors (Lipinski definition) is 1. The fourth-order valence-corrected chi connectivity index (χ4v) is 4.33. The summed E-state index contributed by atoms with van der Waals surface area (Å²) < 4.78 is 25.9. The van der Waals surface area contributed by atoms with Crippen LogP contribution >= 0.6 is 11.3 Å². The van der Waals surface area contributed by atoms with Gasteiger partial charge in [0.05, 0.1) is 4.90 Å². The molecule has 0 unspecified atom stereocenters. The summed E-state index contributed by atoms with van der Waals surface area (Å²) in [6.45, 7) is 3.85. The number of aromatic carboxylic acids is 1. The van der Waals surface area contributed by atoms with Crippen LogP contribution in [0.5, 0.6) is 0 Å². The van der Waals surface area contributed by atoms with Gasteiger partial charge in [0, 0.05) is 18.5 Å². The monoisotopic (exact) mass is 291 g/mol. The average Bonchev–Trinajstić information content (AvgIpc) is 2.80. The van der Waals surface area contributed by atoms with Crippen LogP contribution in [-0.4, -0.2) is 36.9 Å². The Balaban J connectivity index is 3.08. The summed E-state index contributed by atoms with van der Waals surface area (Å²) in [5, 5.41) is 10.2. The predicted molar refractivity (Wildman–Crippen MR) is 70.6 cm³/mol. The molecular formula is C11H17NO4S2. The number of carboxylic acid groups (broad SMARTS) is 1. The summed E-state index contributed by atoms with van der Waals surface area (Å²) >= 11 is 0.923. The summed E-state index contributed by atoms with van der Waals surface area (Å²) in [5.74, 6) is -1.10. The van der Waals surface area contributed by atoms with Crippen LogP contribution in [-0.2, 0) is 10.0 Å². The highest BCUT2D eigenvalue weighted by Crippen LogP contribution is 2.24. The van der Waals surface area contributed by atoms with Crippen molar-refractivity contribution in [3.8, 4) is 0 Å². The number of nitrogens with zero attached hydrogens (tertiary/aromatic N) is 1. The molecule has 1 heterocycles. The minimum atomic E-state index is -3.59. The van der Waals surface area contributed by atoms with Gasteiger partial charge in [-0.05, 0) is 18.9 Å². The number of hydrogen-bond acceptors (Lipinski definition) is 4. The molecule has 1 rings (SSSR count). The lowest BCUT2D eigenvalue weighted by molar-refractivity contribution is 0.0702. The minimum Gasteiger partial charge on any atom is -0.477 e. The molecule has 1 aromatic heterocycles. The van der Waals surface area contributed by atoms with Crippen LogP contribution in [0.4, 0.5) is 0 Å². The normalized spacial score (nSPS) is 12.3. The van der Waals surface area contributed by atoms with Crippen LogP contribution < -0.4 is 0 Å². The topological polar surface area (TPSA) is 74.7 Å². The summed E-state index contributed by atoms with van der Waals surface area (Å²) in [4.78, 5) is 10.8. The van der Waals surface area contributed by atoms with E-state index in [1.807, 2.05) is 13.8 Å². The van der Waals surface area contributed by atoms with Crippen molar-refractivity contribution in [2.24, 2.45) is 0 Å². The van der Waals surface area contributed by atoms with Gasteiger partial charge < -0.3 is 5.11 Å². The fourth-order valence-electron chi connectivity index (χ4n) is 1.73. The maximum atomic E-state index is 12.3. The van der Waals surface area contributed by atoms with Crippen molar-refractivity contribution in [1.82, 2.24) is 4.31 Å². The number of carboxylic acids is 1. The van der Waals surface area contributed by atoms with Crippen molar-refractivity contribution in [1.29, 1.82) is 0 Å². The van der Waals surface area contributed by atoms with Gasteiger partial charge in [0.2, 0.25) is 10.0 Å². The van der Waals surface area contributed by atoms with Gasteiger partial charge in [-0.15, -0.1) is 11.3 Å². The maximum absolute atomic E-state index is 12.3. The third kappa shape index (κ3) is 2.90. The first-order valence-electron chi connectivity index (χ1n) is 5.64. The Bertz CT molecular complexity index is 517. The van der Waals surface area contributed by atoms with Crippen LogP contribution in [0.2, 0.25) is 0 Å². The SMILES string of the molecule is CCC(CC)N(C)S(=O)(=O)c1csc(C(=O)O)c1. The van der Waals surface area contributed by atoms with Crippen molar-refractivity contribution >= 4 is 27.3 Å². The van der Waals surface area contributed by atoms with Crippen LogP contribution in [0.25, 0.3) is 0 Å². The molecule has 0 saturated carbocycles. The first kappa shape index (κ1) is 15.1. The molecule has 102 valence electrons. The van der Waals surface area contributed by atoms with Gasteiger partial charge in [-0.3, -0.25) is 0 Å². The molecule has 0 spiro atoms. The second-order valence-electron chi connectivity index (χ2n) is 3.94. The average molecular weight is 291 g/mol. The molecule has 0 aromatic carbocycles. The summed E-state index contributed by atoms with van der Waals surface area (Å²) in [6.07, 6.45) is 1.45. The van der Waals surface area contributed by atoms with Gasteiger partial charge in [0.25, 0.3) is 0 Å². The zero-order valence-corrected chi connectivity index (χ0v) is 12.2. The van der Waals surface area contributed by atoms with Crippen molar-refractivity contribution in [2.75, 3.05) is 7.05 Å². The molecule has 1 aromatic rings. The van der Waals surface area contributed by atoms with E-state index in [2.05, 4.69) is 0 Å². The Labute approximate surface area is 111 Å². The zero-order valence-electron chi connectivity index (χ0n) is 10.6. The van der Waals surface area contributed by atoms with Gasteiger partial charge in [0.1, 0.15) is 4.88 Å². The lowest BCUT2D eigenvalue weighted by Crippen LogP contribution is -2.36. The van der Waals surface area contributed by atoms with Gasteiger partial charge >= 0.3 is 5.97 Å². The van der Waals surface area contributed by atoms with E-state index in [-0.39, 0.29) is 15.8 Å². The van der Waals surface area contributed by atoms with Crippen molar-refractivity contribution in [3.63, 3.8) is 0 Å². The number of sulfonamides is 1. The first-order valence-corrected chi connectivity index (χ1v) is 7.96. The quantitative estimate of drug-likeness (QED) is 0.872. The smallest absolute Gasteiger partial charge is 0.345 e. The van der Waals surface area contributed by atoms with E-state index in [1.54, 1.807) is 0 Å². The molecule has 0 aliphatic carbocycles. The molecule has 1 N–H and O–H groups in total. The zero-order chi connectivity index (χ0) is 13.9. The lowest BCUT2D eigenvalue weighted by atomic mass is 10.2. The van der Waals surface area contributed by atoms with Crippen molar-refractivity contribution < 1.29 is 18.3 Å². The van der Waals surface area contributed by atoms with Gasteiger partial charge in [-0.25, -0.2) is 13.2 Å². The van der Waals surface area contributed by atoms with Crippen LogP contribution in [0, 0.1) is 0 Å². The van der Waals surface area contributed by atoms with E-state index in [1.165, 1.54) is 22.8 Å². The molecule has 0 saturated heterocycles. The van der Waals surface area contributed by atoms with Gasteiger partial charge in [-0.2, -0.15) is 4.31 Å². The second-order valence-corrected chi connectivity index (χ2v) is 6.85. The molecule has 0 atom stereocenters. The van der Waals surface area contributed by atoms with E-state index in [9.17, 15) is 13.2 Å². The molecule has 0 bridgehead atoms. The Morgan fingerprint density at radius 3 is 2.39 bits per heavy atom. The molecule has 0 aliphatic heterocycles. The number of thiophene rings is 1. The van der Waals surface area contributed by atoms with Crippen LogP contribution in [0.3, 0.4) is 0 Å². The standard InChI is InChI=1S/C11H17NO4S2/c1-4-8(5-2)12(3)18(15,16)9-6-10(11(13)14)17-7-9/h6-8H,4-5H2,1-3H3,(H,13,14). The number of rotatable bonds is 6. The third-order valence-electron chi connectivity index (χ3n) is 2.92. The van der Waals surface area contributed by atoms with Gasteiger partial charge in [-0.1, -0.05) is 13.8 Å². The van der Waals surface area contributed by atoms with Crippen LogP contribution in [0.1, 0.15) is 36.4 Å². The molecule has 18 heavy (non-hydrogen) atoms. The Hall–Kier alpha value is -0.920. The molecule has 0 amide bonds. The largest absolute Gasteiger partial charge is 0.477 e. The summed E-state index contributed by atoms with van der Waals surface area (Å²) in [7, 11) is -2.06. The van der Waals surface area contributed by atoms with Gasteiger partial charge in [0.15, 0.2) is 0 Å². The molecular weight excluding hydrogens is 274 g/mol. The van der Waals surface area contributed by atoms with E-state index in [4.69, 9.17) is 5.11 Å².